The van der Waals surface area contributed by atoms with Crippen molar-refractivity contribution in [2.45, 2.75) is 25.4 Å². The van der Waals surface area contributed by atoms with Gasteiger partial charge in [0.15, 0.2) is 5.96 Å². The van der Waals surface area contributed by atoms with Gasteiger partial charge in [0.1, 0.15) is 5.82 Å². The molecule has 0 aromatic heterocycles. The highest BCUT2D eigenvalue weighted by Gasteiger charge is 2.27. The summed E-state index contributed by atoms with van der Waals surface area (Å²) in [6, 6.07) is 5.10. The predicted molar refractivity (Wildman–Crippen MR) is 70.2 cm³/mol. The van der Waals surface area contributed by atoms with Crippen LogP contribution in [-0.2, 0) is 6.54 Å². The summed E-state index contributed by atoms with van der Waals surface area (Å²) in [6.07, 6.45) is 2.35. The largest absolute Gasteiger partial charge is 0.370 e. The number of aliphatic imine (C=N–C) groups is 1. The smallest absolute Gasteiger partial charge is 0.191 e. The van der Waals surface area contributed by atoms with Gasteiger partial charge >= 0.3 is 0 Å². The number of hydrogen-bond donors (Lipinski definition) is 1. The average Bonchev–Trinajstić information content (AvgIpc) is 3.13. The average molecular weight is 300 g/mol. The van der Waals surface area contributed by atoms with Crippen molar-refractivity contribution >= 4 is 21.9 Å². The van der Waals surface area contributed by atoms with E-state index in [0.29, 0.717) is 18.5 Å². The third kappa shape index (κ3) is 3.19. The van der Waals surface area contributed by atoms with Gasteiger partial charge in [-0.05, 0) is 36.6 Å². The molecule has 3 nitrogen and oxygen atoms in total. The van der Waals surface area contributed by atoms with Gasteiger partial charge in [0.05, 0.1) is 6.54 Å². The zero-order valence-electron chi connectivity index (χ0n) is 9.66. The maximum atomic E-state index is 13.1. The van der Waals surface area contributed by atoms with E-state index in [4.69, 9.17) is 5.73 Å². The van der Waals surface area contributed by atoms with Crippen molar-refractivity contribution < 1.29 is 4.39 Å². The molecule has 1 fully saturated rings. The van der Waals surface area contributed by atoms with Crippen LogP contribution in [0.15, 0.2) is 27.7 Å². The number of halogens is 2. The van der Waals surface area contributed by atoms with Crippen LogP contribution in [-0.4, -0.2) is 23.9 Å². The lowest BCUT2D eigenvalue weighted by molar-refractivity contribution is 0.487. The second-order valence-electron chi connectivity index (χ2n) is 4.25. The van der Waals surface area contributed by atoms with E-state index in [2.05, 4.69) is 20.9 Å². The van der Waals surface area contributed by atoms with E-state index in [-0.39, 0.29) is 5.82 Å². The maximum absolute atomic E-state index is 13.1. The molecular formula is C12H15BrFN3. The summed E-state index contributed by atoms with van der Waals surface area (Å²) >= 11 is 3.37. The molecule has 0 unspecified atom stereocenters. The number of nitrogens with two attached hydrogens (primary N) is 1. The fourth-order valence-electron chi connectivity index (χ4n) is 1.59. The predicted octanol–water partition coefficient (Wildman–Crippen LogP) is 2.50. The van der Waals surface area contributed by atoms with Crippen molar-refractivity contribution in [2.75, 3.05) is 7.05 Å². The fourth-order valence-corrected chi connectivity index (χ4v) is 1.96. The lowest BCUT2D eigenvalue weighted by Crippen LogP contribution is -2.35. The van der Waals surface area contributed by atoms with Crippen LogP contribution >= 0.6 is 15.9 Å². The third-order valence-electron chi connectivity index (χ3n) is 2.88. The number of hydrogen-bond acceptors (Lipinski definition) is 1. The molecule has 0 bridgehead atoms. The molecule has 0 aliphatic heterocycles. The van der Waals surface area contributed by atoms with E-state index in [1.54, 1.807) is 6.07 Å². The van der Waals surface area contributed by atoms with E-state index in [0.717, 1.165) is 10.0 Å². The SMILES string of the molecule is CN(C(N)=NCc1cc(F)ccc1Br)C1CC1. The standard InChI is InChI=1S/C12H15BrFN3/c1-17(10-3-4-10)12(15)16-7-8-6-9(14)2-5-11(8)13/h2,5-6,10H,3-4,7H2,1H3,(H2,15,16). The molecule has 0 amide bonds. The Bertz CT molecular complexity index is 443. The number of benzene rings is 1. The normalized spacial score (nSPS) is 16.1. The molecule has 0 saturated heterocycles. The van der Waals surface area contributed by atoms with E-state index in [1.807, 2.05) is 11.9 Å². The van der Waals surface area contributed by atoms with Crippen molar-refractivity contribution in [2.24, 2.45) is 10.7 Å². The van der Waals surface area contributed by atoms with Gasteiger partial charge in [-0.1, -0.05) is 15.9 Å². The van der Waals surface area contributed by atoms with Crippen LogP contribution < -0.4 is 5.73 Å². The van der Waals surface area contributed by atoms with Crippen LogP contribution in [0.3, 0.4) is 0 Å². The van der Waals surface area contributed by atoms with Crippen molar-refractivity contribution in [3.63, 3.8) is 0 Å². The quantitative estimate of drug-likeness (QED) is 0.688. The minimum absolute atomic E-state index is 0.257. The molecule has 0 heterocycles. The molecule has 1 aromatic rings. The van der Waals surface area contributed by atoms with Crippen LogP contribution in [0.1, 0.15) is 18.4 Å². The zero-order valence-corrected chi connectivity index (χ0v) is 11.2. The Balaban J connectivity index is 2.05. The number of nitrogens with zero attached hydrogens (tertiary/aromatic N) is 2. The first kappa shape index (κ1) is 12.4. The zero-order chi connectivity index (χ0) is 12.4. The van der Waals surface area contributed by atoms with Crippen molar-refractivity contribution in [1.29, 1.82) is 0 Å². The summed E-state index contributed by atoms with van der Waals surface area (Å²) < 4.78 is 13.9. The van der Waals surface area contributed by atoms with Gasteiger partial charge in [0, 0.05) is 17.6 Å². The summed E-state index contributed by atoms with van der Waals surface area (Å²) in [5.74, 6) is 0.260. The summed E-state index contributed by atoms with van der Waals surface area (Å²) in [4.78, 5) is 6.26. The molecular weight excluding hydrogens is 285 g/mol. The van der Waals surface area contributed by atoms with E-state index >= 15 is 0 Å². The van der Waals surface area contributed by atoms with Crippen molar-refractivity contribution in [1.82, 2.24) is 4.90 Å². The Morgan fingerprint density at radius 1 is 1.59 bits per heavy atom. The van der Waals surface area contributed by atoms with Gasteiger partial charge in [0.2, 0.25) is 0 Å². The first-order chi connectivity index (χ1) is 8.08. The summed E-state index contributed by atoms with van der Waals surface area (Å²) in [5.41, 5.74) is 6.66. The summed E-state index contributed by atoms with van der Waals surface area (Å²) in [5, 5.41) is 0. The molecule has 0 radical (unpaired) electrons. The topological polar surface area (TPSA) is 41.6 Å². The highest BCUT2D eigenvalue weighted by molar-refractivity contribution is 9.10. The molecule has 92 valence electrons. The first-order valence-electron chi connectivity index (χ1n) is 5.54. The van der Waals surface area contributed by atoms with E-state index < -0.39 is 0 Å². The first-order valence-corrected chi connectivity index (χ1v) is 6.34. The molecule has 5 heteroatoms. The lowest BCUT2D eigenvalue weighted by Gasteiger charge is -2.16. The fraction of sp³-hybridized carbons (Fsp3) is 0.417. The molecule has 1 aliphatic rings. The van der Waals surface area contributed by atoms with Crippen LogP contribution in [0, 0.1) is 5.82 Å². The second-order valence-corrected chi connectivity index (χ2v) is 5.11. The van der Waals surface area contributed by atoms with Crippen molar-refractivity contribution in [3.05, 3.63) is 34.1 Å². The van der Waals surface area contributed by atoms with E-state index in [1.165, 1.54) is 25.0 Å². The monoisotopic (exact) mass is 299 g/mol. The highest BCUT2D eigenvalue weighted by atomic mass is 79.9. The molecule has 2 rings (SSSR count). The summed E-state index contributed by atoms with van der Waals surface area (Å²) in [7, 11) is 1.94. The summed E-state index contributed by atoms with van der Waals surface area (Å²) in [6.45, 7) is 0.390. The number of rotatable bonds is 3. The van der Waals surface area contributed by atoms with Crippen LogP contribution in [0.25, 0.3) is 0 Å². The Morgan fingerprint density at radius 3 is 2.94 bits per heavy atom. The molecule has 2 N–H and O–H groups in total. The van der Waals surface area contributed by atoms with Crippen LogP contribution in [0.2, 0.25) is 0 Å². The molecule has 1 aliphatic carbocycles. The van der Waals surface area contributed by atoms with Crippen LogP contribution in [0.4, 0.5) is 4.39 Å². The minimum Gasteiger partial charge on any atom is -0.370 e. The minimum atomic E-state index is -0.257. The molecule has 17 heavy (non-hydrogen) atoms. The third-order valence-corrected chi connectivity index (χ3v) is 3.65. The Labute approximate surface area is 109 Å². The van der Waals surface area contributed by atoms with Gasteiger partial charge in [-0.15, -0.1) is 0 Å². The second kappa shape index (κ2) is 5.04. The van der Waals surface area contributed by atoms with Gasteiger partial charge in [0.25, 0.3) is 0 Å². The highest BCUT2D eigenvalue weighted by Crippen LogP contribution is 2.25. The maximum Gasteiger partial charge on any atom is 0.191 e. The molecule has 1 saturated carbocycles. The van der Waals surface area contributed by atoms with E-state index in [9.17, 15) is 4.39 Å². The van der Waals surface area contributed by atoms with Gasteiger partial charge < -0.3 is 10.6 Å². The number of guanidine groups is 1. The Hall–Kier alpha value is -1.10. The van der Waals surface area contributed by atoms with Gasteiger partial charge in [-0.3, -0.25) is 0 Å². The molecule has 1 aromatic carbocycles. The Morgan fingerprint density at radius 2 is 2.29 bits per heavy atom. The lowest BCUT2D eigenvalue weighted by atomic mass is 10.2. The van der Waals surface area contributed by atoms with Crippen LogP contribution in [0.5, 0.6) is 0 Å². The molecule has 0 atom stereocenters. The van der Waals surface area contributed by atoms with Crippen molar-refractivity contribution in [3.8, 4) is 0 Å². The Kier molecular flexibility index (Phi) is 3.66. The van der Waals surface area contributed by atoms with Gasteiger partial charge in [-0.2, -0.15) is 0 Å². The van der Waals surface area contributed by atoms with Gasteiger partial charge in [-0.25, -0.2) is 9.38 Å². The molecule has 0 spiro atoms.